The van der Waals surface area contributed by atoms with Gasteiger partial charge in [-0.25, -0.2) is 4.79 Å². The molecule has 1 aliphatic rings. The van der Waals surface area contributed by atoms with Crippen LogP contribution in [-0.4, -0.2) is 42.4 Å². The second-order valence-corrected chi connectivity index (χ2v) is 2.64. The second kappa shape index (κ2) is 3.57. The lowest BCUT2D eigenvalue weighted by Crippen LogP contribution is -2.37. The van der Waals surface area contributed by atoms with Crippen LogP contribution >= 0.6 is 0 Å². The Bertz CT molecular complexity index is 149. The van der Waals surface area contributed by atoms with Crippen LogP contribution < -0.4 is 0 Å². The molecular weight excluding hydrogens is 146 g/mol. The van der Waals surface area contributed by atoms with Crippen LogP contribution in [0.2, 0.25) is 0 Å². The summed E-state index contributed by atoms with van der Waals surface area (Å²) in [6.07, 6.45) is 1.51. The maximum absolute atomic E-state index is 11.0. The Morgan fingerprint density at radius 3 is 3.09 bits per heavy atom. The van der Waals surface area contributed by atoms with Crippen LogP contribution in [0.15, 0.2) is 0 Å². The number of aliphatic hydroxyl groups excluding tert-OH is 1. The van der Waals surface area contributed by atoms with Gasteiger partial charge in [-0.05, 0) is 12.8 Å². The van der Waals surface area contributed by atoms with E-state index in [1.54, 1.807) is 4.90 Å². The topological polar surface area (TPSA) is 49.8 Å². The number of carbonyl (C=O) groups excluding carboxylic acids is 1. The van der Waals surface area contributed by atoms with Crippen molar-refractivity contribution < 1.29 is 14.6 Å². The van der Waals surface area contributed by atoms with Crippen molar-refractivity contribution in [3.8, 4) is 0 Å². The summed E-state index contributed by atoms with van der Waals surface area (Å²) in [5, 5.41) is 8.83. The molecule has 0 radical (unpaired) electrons. The minimum absolute atomic E-state index is 0.0255. The standard InChI is InChI=1S/C7H13NO3/c1-11-7(10)8-4-2-3-6(8)5-9/h6,9H,2-5H2,1H3/t6-/m1/s1. The summed E-state index contributed by atoms with van der Waals surface area (Å²) in [6.45, 7) is 0.743. The molecule has 0 aromatic rings. The molecule has 11 heavy (non-hydrogen) atoms. The average Bonchev–Trinajstić information content (AvgIpc) is 2.50. The van der Waals surface area contributed by atoms with Gasteiger partial charge in [-0.15, -0.1) is 0 Å². The zero-order valence-corrected chi connectivity index (χ0v) is 6.62. The molecule has 0 aromatic carbocycles. The highest BCUT2D eigenvalue weighted by Gasteiger charge is 2.28. The number of amides is 1. The third kappa shape index (κ3) is 1.63. The van der Waals surface area contributed by atoms with Crippen molar-refractivity contribution in [3.63, 3.8) is 0 Å². The molecular formula is C7H13NO3. The molecule has 1 fully saturated rings. The zero-order valence-electron chi connectivity index (χ0n) is 6.62. The van der Waals surface area contributed by atoms with Gasteiger partial charge in [0.15, 0.2) is 0 Å². The lowest BCUT2D eigenvalue weighted by atomic mass is 10.2. The largest absolute Gasteiger partial charge is 0.453 e. The highest BCUT2D eigenvalue weighted by Crippen LogP contribution is 2.16. The summed E-state index contributed by atoms with van der Waals surface area (Å²) >= 11 is 0. The van der Waals surface area contributed by atoms with E-state index in [9.17, 15) is 4.79 Å². The maximum Gasteiger partial charge on any atom is 0.409 e. The van der Waals surface area contributed by atoms with Gasteiger partial charge in [-0.2, -0.15) is 0 Å². The Kier molecular flexibility index (Phi) is 2.70. The Balaban J connectivity index is 2.49. The van der Waals surface area contributed by atoms with Gasteiger partial charge in [0.05, 0.1) is 19.8 Å². The number of ether oxygens (including phenoxy) is 1. The van der Waals surface area contributed by atoms with Crippen molar-refractivity contribution in [2.75, 3.05) is 20.3 Å². The van der Waals surface area contributed by atoms with Gasteiger partial charge in [0.25, 0.3) is 0 Å². The lowest BCUT2D eigenvalue weighted by Gasteiger charge is -2.20. The number of nitrogens with zero attached hydrogens (tertiary/aromatic N) is 1. The molecule has 4 nitrogen and oxygen atoms in total. The normalized spacial score (nSPS) is 23.8. The highest BCUT2D eigenvalue weighted by molar-refractivity contribution is 5.68. The van der Waals surface area contributed by atoms with Crippen molar-refractivity contribution >= 4 is 6.09 Å². The molecule has 0 unspecified atom stereocenters. The van der Waals surface area contributed by atoms with Crippen molar-refractivity contribution in [1.82, 2.24) is 4.90 Å². The van der Waals surface area contributed by atoms with E-state index in [2.05, 4.69) is 4.74 Å². The zero-order chi connectivity index (χ0) is 8.27. The summed E-state index contributed by atoms with van der Waals surface area (Å²) in [4.78, 5) is 12.5. The van der Waals surface area contributed by atoms with Crippen LogP contribution in [0.4, 0.5) is 4.79 Å². The molecule has 1 atom stereocenters. The Hall–Kier alpha value is -0.770. The third-order valence-electron chi connectivity index (χ3n) is 2.00. The molecule has 0 bridgehead atoms. The number of hydrogen-bond acceptors (Lipinski definition) is 3. The van der Waals surface area contributed by atoms with Gasteiger partial charge in [0.1, 0.15) is 0 Å². The first-order valence-corrected chi connectivity index (χ1v) is 3.75. The molecule has 0 aromatic heterocycles. The second-order valence-electron chi connectivity index (χ2n) is 2.64. The molecule has 64 valence electrons. The molecule has 1 N–H and O–H groups in total. The Labute approximate surface area is 65.8 Å². The van der Waals surface area contributed by atoms with Gasteiger partial charge < -0.3 is 14.7 Å². The van der Waals surface area contributed by atoms with Crippen LogP contribution in [0.1, 0.15) is 12.8 Å². The number of carbonyl (C=O) groups is 1. The fourth-order valence-electron chi connectivity index (χ4n) is 1.38. The van der Waals surface area contributed by atoms with Crippen molar-refractivity contribution in [2.45, 2.75) is 18.9 Å². The first kappa shape index (κ1) is 8.33. The number of rotatable bonds is 1. The van der Waals surface area contributed by atoms with Crippen LogP contribution in [-0.2, 0) is 4.74 Å². The summed E-state index contributed by atoms with van der Waals surface area (Å²) in [5.74, 6) is 0. The predicted molar refractivity (Wildman–Crippen MR) is 39.2 cm³/mol. The summed E-state index contributed by atoms with van der Waals surface area (Å²) in [6, 6.07) is -0.0255. The first-order valence-electron chi connectivity index (χ1n) is 3.75. The molecule has 1 amide bonds. The Morgan fingerprint density at radius 2 is 2.55 bits per heavy atom. The highest BCUT2D eigenvalue weighted by atomic mass is 16.5. The van der Waals surface area contributed by atoms with Crippen molar-refractivity contribution in [3.05, 3.63) is 0 Å². The van der Waals surface area contributed by atoms with E-state index in [4.69, 9.17) is 5.11 Å². The van der Waals surface area contributed by atoms with Crippen LogP contribution in [0.3, 0.4) is 0 Å². The number of methoxy groups -OCH3 is 1. The first-order chi connectivity index (χ1) is 5.29. The van der Waals surface area contributed by atoms with Crippen molar-refractivity contribution in [1.29, 1.82) is 0 Å². The van der Waals surface area contributed by atoms with Gasteiger partial charge >= 0.3 is 6.09 Å². The van der Waals surface area contributed by atoms with Crippen LogP contribution in [0.5, 0.6) is 0 Å². The van der Waals surface area contributed by atoms with Crippen molar-refractivity contribution in [2.24, 2.45) is 0 Å². The molecule has 0 spiro atoms. The van der Waals surface area contributed by atoms with E-state index in [1.807, 2.05) is 0 Å². The summed E-state index contributed by atoms with van der Waals surface area (Å²) in [7, 11) is 1.36. The minimum atomic E-state index is -0.332. The molecule has 1 aliphatic heterocycles. The van der Waals surface area contributed by atoms with Crippen LogP contribution in [0, 0.1) is 0 Å². The summed E-state index contributed by atoms with van der Waals surface area (Å²) in [5.41, 5.74) is 0. The van der Waals surface area contributed by atoms with E-state index in [0.717, 1.165) is 12.8 Å². The van der Waals surface area contributed by atoms with E-state index < -0.39 is 0 Å². The van der Waals surface area contributed by atoms with E-state index >= 15 is 0 Å². The monoisotopic (exact) mass is 159 g/mol. The smallest absolute Gasteiger partial charge is 0.409 e. The molecule has 1 heterocycles. The van der Waals surface area contributed by atoms with E-state index in [-0.39, 0.29) is 18.7 Å². The quantitative estimate of drug-likeness (QED) is 0.595. The SMILES string of the molecule is COC(=O)N1CCC[C@@H]1CO. The van der Waals surface area contributed by atoms with E-state index in [0.29, 0.717) is 6.54 Å². The molecule has 1 saturated heterocycles. The average molecular weight is 159 g/mol. The molecule has 0 aliphatic carbocycles. The molecule has 0 saturated carbocycles. The summed E-state index contributed by atoms with van der Waals surface area (Å²) < 4.78 is 4.54. The predicted octanol–water partition coefficient (Wildman–Crippen LogP) is 0.209. The Morgan fingerprint density at radius 1 is 1.82 bits per heavy atom. The minimum Gasteiger partial charge on any atom is -0.453 e. The van der Waals surface area contributed by atoms with Gasteiger partial charge in [-0.1, -0.05) is 0 Å². The maximum atomic E-state index is 11.0. The fraction of sp³-hybridized carbons (Fsp3) is 0.857. The number of likely N-dealkylation sites (tertiary alicyclic amines) is 1. The fourth-order valence-corrected chi connectivity index (χ4v) is 1.38. The molecule has 4 heteroatoms. The lowest BCUT2D eigenvalue weighted by molar-refractivity contribution is 0.101. The number of hydrogen-bond donors (Lipinski definition) is 1. The van der Waals surface area contributed by atoms with E-state index in [1.165, 1.54) is 7.11 Å². The van der Waals surface area contributed by atoms with Gasteiger partial charge in [0.2, 0.25) is 0 Å². The van der Waals surface area contributed by atoms with Crippen LogP contribution in [0.25, 0.3) is 0 Å². The van der Waals surface area contributed by atoms with Gasteiger partial charge in [-0.3, -0.25) is 0 Å². The number of aliphatic hydroxyl groups is 1. The van der Waals surface area contributed by atoms with Gasteiger partial charge in [0, 0.05) is 6.54 Å². The third-order valence-corrected chi connectivity index (χ3v) is 2.00. The molecule has 1 rings (SSSR count).